The van der Waals surface area contributed by atoms with Crippen molar-refractivity contribution in [2.24, 2.45) is 0 Å². The maximum absolute atomic E-state index is 13.2. The van der Waals surface area contributed by atoms with Crippen LogP contribution in [0.25, 0.3) is 0 Å². The maximum atomic E-state index is 13.2. The molecule has 0 aliphatic carbocycles. The molecule has 0 saturated carbocycles. The lowest BCUT2D eigenvalue weighted by Crippen LogP contribution is -2.35. The van der Waals surface area contributed by atoms with E-state index in [9.17, 15) is 8.42 Å². The van der Waals surface area contributed by atoms with E-state index in [1.54, 1.807) is 19.2 Å². The van der Waals surface area contributed by atoms with E-state index in [-0.39, 0.29) is 0 Å². The number of para-hydroxylation sites is 1. The van der Waals surface area contributed by atoms with Crippen molar-refractivity contribution in [2.75, 3.05) is 23.8 Å². The van der Waals surface area contributed by atoms with Crippen molar-refractivity contribution in [3.63, 3.8) is 0 Å². The quantitative estimate of drug-likeness (QED) is 0.712. The van der Waals surface area contributed by atoms with Gasteiger partial charge in [-0.25, -0.2) is 8.42 Å². The third kappa shape index (κ3) is 3.62. The van der Waals surface area contributed by atoms with Crippen LogP contribution < -0.4 is 9.04 Å². The van der Waals surface area contributed by atoms with Crippen molar-refractivity contribution >= 4 is 27.3 Å². The van der Waals surface area contributed by atoms with Crippen LogP contribution in [0.4, 0.5) is 5.69 Å². The third-order valence-corrected chi connectivity index (χ3v) is 6.55. The van der Waals surface area contributed by atoms with Crippen LogP contribution in [0, 0.1) is 0 Å². The normalized spacial score (nSPS) is 14.2. The van der Waals surface area contributed by atoms with Gasteiger partial charge >= 0.3 is 0 Å². The second-order valence-corrected chi connectivity index (χ2v) is 8.33. The molecule has 0 amide bonds. The summed E-state index contributed by atoms with van der Waals surface area (Å²) in [5.74, 6) is 1.20. The average molecular weight is 380 g/mol. The predicted molar refractivity (Wildman–Crippen MR) is 101 cm³/mol. The molecule has 0 saturated heterocycles. The molecule has 0 spiro atoms. The highest BCUT2D eigenvalue weighted by Gasteiger charge is 2.31. The zero-order valence-corrected chi connectivity index (χ0v) is 15.8. The summed E-state index contributed by atoms with van der Waals surface area (Å²) in [6.07, 6.45) is 3.39. The molecule has 2 aromatic carbocycles. The molecule has 6 heteroatoms. The highest BCUT2D eigenvalue weighted by atomic mass is 35.5. The summed E-state index contributed by atoms with van der Waals surface area (Å²) in [6, 6.07) is 12.8. The molecule has 2 aromatic rings. The molecule has 25 heavy (non-hydrogen) atoms. The van der Waals surface area contributed by atoms with Crippen LogP contribution >= 0.6 is 11.6 Å². The van der Waals surface area contributed by atoms with E-state index in [4.69, 9.17) is 16.3 Å². The van der Waals surface area contributed by atoms with Crippen LogP contribution in [0.2, 0.25) is 0 Å². The van der Waals surface area contributed by atoms with Crippen LogP contribution in [0.1, 0.15) is 24.0 Å². The molecular weight excluding hydrogens is 358 g/mol. The molecule has 0 unspecified atom stereocenters. The van der Waals surface area contributed by atoms with Crippen molar-refractivity contribution in [1.29, 1.82) is 0 Å². The minimum Gasteiger partial charge on any atom is -0.495 e. The lowest BCUT2D eigenvalue weighted by Gasteiger charge is -2.31. The Hall–Kier alpha value is -1.72. The number of halogens is 1. The van der Waals surface area contributed by atoms with Gasteiger partial charge in [-0.15, -0.1) is 11.6 Å². The number of aryl methyl sites for hydroxylation is 2. The fourth-order valence-corrected chi connectivity index (χ4v) is 4.89. The standard InChI is InChI=1S/C19H22ClNO3S/c1-24-18-8-2-6-16-7-4-14-21(19(16)18)25(22,23)17-11-9-15(10-12-17)5-3-13-20/h2,6,8-12H,3-5,7,13-14H2,1H3. The molecule has 1 aliphatic rings. The van der Waals surface area contributed by atoms with Gasteiger partial charge in [-0.1, -0.05) is 24.3 Å². The number of hydrogen-bond donors (Lipinski definition) is 0. The first kappa shape index (κ1) is 18.1. The van der Waals surface area contributed by atoms with E-state index in [0.717, 1.165) is 36.8 Å². The lowest BCUT2D eigenvalue weighted by atomic mass is 10.0. The van der Waals surface area contributed by atoms with Crippen LogP contribution in [-0.4, -0.2) is 28.0 Å². The fourth-order valence-electron chi connectivity index (χ4n) is 3.21. The molecule has 3 rings (SSSR count). The largest absolute Gasteiger partial charge is 0.495 e. The number of sulfonamides is 1. The molecule has 134 valence electrons. The minimum absolute atomic E-state index is 0.306. The van der Waals surface area contributed by atoms with Gasteiger partial charge in [0, 0.05) is 12.4 Å². The average Bonchev–Trinajstić information content (AvgIpc) is 2.65. The first-order valence-corrected chi connectivity index (χ1v) is 10.4. The van der Waals surface area contributed by atoms with Crippen LogP contribution in [0.3, 0.4) is 0 Å². The third-order valence-electron chi connectivity index (χ3n) is 4.47. The topological polar surface area (TPSA) is 46.6 Å². The first-order valence-electron chi connectivity index (χ1n) is 8.41. The van der Waals surface area contributed by atoms with Gasteiger partial charge in [0.15, 0.2) is 0 Å². The number of rotatable bonds is 6. The number of nitrogens with zero attached hydrogens (tertiary/aromatic N) is 1. The van der Waals surface area contributed by atoms with Crippen molar-refractivity contribution in [2.45, 2.75) is 30.6 Å². The van der Waals surface area contributed by atoms with E-state index in [1.165, 1.54) is 4.31 Å². The van der Waals surface area contributed by atoms with Crippen molar-refractivity contribution in [3.05, 3.63) is 53.6 Å². The summed E-state index contributed by atoms with van der Waals surface area (Å²) in [4.78, 5) is 0.306. The van der Waals surface area contributed by atoms with E-state index < -0.39 is 10.0 Å². The van der Waals surface area contributed by atoms with Crippen LogP contribution in [-0.2, 0) is 22.9 Å². The first-order chi connectivity index (χ1) is 12.1. The zero-order chi connectivity index (χ0) is 17.9. The molecule has 0 aromatic heterocycles. The van der Waals surface area contributed by atoms with Gasteiger partial charge in [-0.05, 0) is 55.0 Å². The number of fused-ring (bicyclic) bond motifs is 1. The predicted octanol–water partition coefficient (Wildman–Crippen LogP) is 4.01. The van der Waals surface area contributed by atoms with Gasteiger partial charge in [0.25, 0.3) is 10.0 Å². The van der Waals surface area contributed by atoms with Crippen molar-refractivity contribution in [1.82, 2.24) is 0 Å². The highest BCUT2D eigenvalue weighted by Crippen LogP contribution is 2.39. The number of methoxy groups -OCH3 is 1. The summed E-state index contributed by atoms with van der Waals surface area (Å²) in [5, 5.41) is 0. The van der Waals surface area contributed by atoms with Crippen molar-refractivity contribution < 1.29 is 13.2 Å². The lowest BCUT2D eigenvalue weighted by molar-refractivity contribution is 0.414. The SMILES string of the molecule is COc1cccc2c1N(S(=O)(=O)c1ccc(CCCCl)cc1)CCC2. The van der Waals surface area contributed by atoms with Gasteiger partial charge in [0.2, 0.25) is 0 Å². The van der Waals surface area contributed by atoms with Gasteiger partial charge in [0.1, 0.15) is 5.75 Å². The molecular formula is C19H22ClNO3S. The van der Waals surface area contributed by atoms with Gasteiger partial charge in [-0.3, -0.25) is 4.31 Å². The second kappa shape index (κ2) is 7.67. The molecule has 1 heterocycles. The van der Waals surface area contributed by atoms with E-state index in [2.05, 4.69) is 0 Å². The number of hydrogen-bond acceptors (Lipinski definition) is 3. The fraction of sp³-hybridized carbons (Fsp3) is 0.368. The van der Waals surface area contributed by atoms with Gasteiger partial charge < -0.3 is 4.74 Å². The summed E-state index contributed by atoms with van der Waals surface area (Å²) in [7, 11) is -2.05. The molecule has 0 atom stereocenters. The monoisotopic (exact) mass is 379 g/mol. The van der Waals surface area contributed by atoms with E-state index in [0.29, 0.717) is 28.8 Å². The Labute approximate surface area is 154 Å². The number of alkyl halides is 1. The van der Waals surface area contributed by atoms with E-state index >= 15 is 0 Å². The minimum atomic E-state index is -3.62. The molecule has 0 fully saturated rings. The van der Waals surface area contributed by atoms with Crippen LogP contribution in [0.15, 0.2) is 47.4 Å². The van der Waals surface area contributed by atoms with Crippen LogP contribution in [0.5, 0.6) is 5.75 Å². The van der Waals surface area contributed by atoms with Gasteiger partial charge in [-0.2, -0.15) is 0 Å². The number of ether oxygens (including phenoxy) is 1. The highest BCUT2D eigenvalue weighted by molar-refractivity contribution is 7.92. The summed E-state index contributed by atoms with van der Waals surface area (Å²) < 4.78 is 33.3. The van der Waals surface area contributed by atoms with E-state index in [1.807, 2.05) is 30.3 Å². The molecule has 0 radical (unpaired) electrons. The number of benzene rings is 2. The Kier molecular flexibility index (Phi) is 5.54. The van der Waals surface area contributed by atoms with Gasteiger partial charge in [0.05, 0.1) is 17.7 Å². The summed E-state index contributed by atoms with van der Waals surface area (Å²) in [6.45, 7) is 0.462. The Balaban J connectivity index is 1.97. The number of anilines is 1. The Morgan fingerprint density at radius 1 is 1.16 bits per heavy atom. The molecule has 0 bridgehead atoms. The molecule has 0 N–H and O–H groups in total. The second-order valence-electron chi connectivity index (χ2n) is 6.09. The zero-order valence-electron chi connectivity index (χ0n) is 14.2. The van der Waals surface area contributed by atoms with Crippen molar-refractivity contribution in [3.8, 4) is 5.75 Å². The Bertz CT molecular complexity index is 820. The smallest absolute Gasteiger partial charge is 0.264 e. The molecule has 4 nitrogen and oxygen atoms in total. The summed E-state index contributed by atoms with van der Waals surface area (Å²) >= 11 is 5.72. The summed E-state index contributed by atoms with van der Waals surface area (Å²) in [5.41, 5.74) is 2.77. The molecule has 1 aliphatic heterocycles. The Morgan fingerprint density at radius 2 is 1.92 bits per heavy atom. The maximum Gasteiger partial charge on any atom is 0.264 e. The Morgan fingerprint density at radius 3 is 2.60 bits per heavy atom.